The molecule has 1 aromatic heterocycles. The number of aryl methyl sites for hydroxylation is 1. The van der Waals surface area contributed by atoms with Crippen LogP contribution in [-0.4, -0.2) is 20.6 Å². The maximum atomic E-state index is 11.3. The van der Waals surface area contributed by atoms with Crippen LogP contribution in [0.3, 0.4) is 0 Å². The molecule has 1 aliphatic heterocycles. The van der Waals surface area contributed by atoms with Gasteiger partial charge in [0.1, 0.15) is 6.04 Å². The molecule has 13 heavy (non-hydrogen) atoms. The third kappa shape index (κ3) is 1.12. The van der Waals surface area contributed by atoms with Gasteiger partial charge >= 0.3 is 5.97 Å². The first kappa shape index (κ1) is 7.97. The SMILES string of the molecule is O=C(O)[C@@H]1CCc2cncc(=O)n21. The molecule has 1 aromatic rings. The van der Waals surface area contributed by atoms with Gasteiger partial charge in [0.05, 0.1) is 6.20 Å². The minimum atomic E-state index is -0.952. The van der Waals surface area contributed by atoms with Gasteiger partial charge in [-0.15, -0.1) is 0 Å². The summed E-state index contributed by atoms with van der Waals surface area (Å²) >= 11 is 0. The molecule has 0 aliphatic carbocycles. The fraction of sp³-hybridized carbons (Fsp3) is 0.375. The molecule has 0 unspecified atom stereocenters. The molecule has 0 radical (unpaired) electrons. The average molecular weight is 180 g/mol. The number of aliphatic carboxylic acids is 1. The van der Waals surface area contributed by atoms with Crippen LogP contribution < -0.4 is 5.56 Å². The fourth-order valence-electron chi connectivity index (χ4n) is 1.64. The van der Waals surface area contributed by atoms with Crippen molar-refractivity contribution in [2.45, 2.75) is 18.9 Å². The molecule has 2 rings (SSSR count). The number of carboxylic acid groups (broad SMARTS) is 1. The molecule has 0 aromatic carbocycles. The second-order valence-electron chi connectivity index (χ2n) is 3.00. The summed E-state index contributed by atoms with van der Waals surface area (Å²) in [5.41, 5.74) is 0.377. The number of aromatic nitrogens is 2. The number of carboxylic acids is 1. The number of carbonyl (C=O) groups is 1. The maximum Gasteiger partial charge on any atom is 0.326 e. The van der Waals surface area contributed by atoms with Gasteiger partial charge in [-0.2, -0.15) is 0 Å². The standard InChI is InChI=1S/C8H8N2O3/c11-7-4-9-3-5-1-2-6(8(12)13)10(5)7/h3-4,6H,1-2H2,(H,12,13)/t6-/m0/s1. The van der Waals surface area contributed by atoms with E-state index in [0.29, 0.717) is 18.5 Å². The van der Waals surface area contributed by atoms with Gasteiger partial charge in [-0.05, 0) is 12.8 Å². The summed E-state index contributed by atoms with van der Waals surface area (Å²) in [6.45, 7) is 0. The predicted molar refractivity (Wildman–Crippen MR) is 43.5 cm³/mol. The number of nitrogens with zero attached hydrogens (tertiary/aromatic N) is 2. The van der Waals surface area contributed by atoms with Gasteiger partial charge in [0.2, 0.25) is 0 Å². The van der Waals surface area contributed by atoms with E-state index in [0.717, 1.165) is 6.20 Å². The maximum absolute atomic E-state index is 11.3. The Balaban J connectivity index is 2.58. The summed E-state index contributed by atoms with van der Waals surface area (Å²) in [6.07, 6.45) is 3.78. The summed E-state index contributed by atoms with van der Waals surface area (Å²) in [4.78, 5) is 25.7. The van der Waals surface area contributed by atoms with Gasteiger partial charge in [0.25, 0.3) is 5.56 Å². The monoisotopic (exact) mass is 180 g/mol. The predicted octanol–water partition coefficient (Wildman–Crippen LogP) is -0.185. The Hall–Kier alpha value is -1.65. The van der Waals surface area contributed by atoms with E-state index < -0.39 is 12.0 Å². The highest BCUT2D eigenvalue weighted by molar-refractivity contribution is 5.72. The van der Waals surface area contributed by atoms with E-state index in [4.69, 9.17) is 5.11 Å². The Morgan fingerprint density at radius 3 is 3.08 bits per heavy atom. The van der Waals surface area contributed by atoms with Gasteiger partial charge in [-0.25, -0.2) is 4.79 Å². The number of hydrogen-bond acceptors (Lipinski definition) is 3. The first-order chi connectivity index (χ1) is 6.20. The molecule has 0 bridgehead atoms. The third-order valence-electron chi connectivity index (χ3n) is 2.23. The highest BCUT2D eigenvalue weighted by Gasteiger charge is 2.28. The van der Waals surface area contributed by atoms with E-state index in [9.17, 15) is 9.59 Å². The van der Waals surface area contributed by atoms with Gasteiger partial charge < -0.3 is 5.11 Å². The van der Waals surface area contributed by atoms with Crippen molar-refractivity contribution in [3.63, 3.8) is 0 Å². The second kappa shape index (κ2) is 2.69. The Labute approximate surface area is 73.7 Å². The van der Waals surface area contributed by atoms with E-state index in [-0.39, 0.29) is 5.56 Å². The second-order valence-corrected chi connectivity index (χ2v) is 3.00. The zero-order chi connectivity index (χ0) is 9.42. The summed E-state index contributed by atoms with van der Waals surface area (Å²) in [5, 5.41) is 8.80. The van der Waals surface area contributed by atoms with E-state index in [1.54, 1.807) is 6.20 Å². The van der Waals surface area contributed by atoms with Crippen LogP contribution in [0.25, 0.3) is 0 Å². The minimum Gasteiger partial charge on any atom is -0.480 e. The van der Waals surface area contributed by atoms with Crippen LogP contribution in [0.15, 0.2) is 17.2 Å². The quantitative estimate of drug-likeness (QED) is 0.650. The molecule has 1 atom stereocenters. The molecule has 1 N–H and O–H groups in total. The highest BCUT2D eigenvalue weighted by Crippen LogP contribution is 2.22. The van der Waals surface area contributed by atoms with E-state index in [1.807, 2.05) is 0 Å². The van der Waals surface area contributed by atoms with Crippen LogP contribution in [0.5, 0.6) is 0 Å². The smallest absolute Gasteiger partial charge is 0.326 e. The molecular weight excluding hydrogens is 172 g/mol. The lowest BCUT2D eigenvalue weighted by Crippen LogP contribution is -2.27. The van der Waals surface area contributed by atoms with Crippen molar-refractivity contribution in [1.29, 1.82) is 0 Å². The molecule has 68 valence electrons. The van der Waals surface area contributed by atoms with Crippen LogP contribution >= 0.6 is 0 Å². The van der Waals surface area contributed by atoms with Crippen molar-refractivity contribution in [2.24, 2.45) is 0 Å². The van der Waals surface area contributed by atoms with E-state index in [2.05, 4.69) is 4.98 Å². The van der Waals surface area contributed by atoms with Crippen molar-refractivity contribution >= 4 is 5.97 Å². The molecular formula is C8H8N2O3. The minimum absolute atomic E-state index is 0.331. The van der Waals surface area contributed by atoms with Crippen LogP contribution in [0, 0.1) is 0 Å². The zero-order valence-electron chi connectivity index (χ0n) is 6.80. The molecule has 5 nitrogen and oxygen atoms in total. The molecule has 1 aliphatic rings. The topological polar surface area (TPSA) is 72.2 Å². The summed E-state index contributed by atoms with van der Waals surface area (Å²) in [7, 11) is 0. The number of hydrogen-bond donors (Lipinski definition) is 1. The van der Waals surface area contributed by atoms with Crippen molar-refractivity contribution < 1.29 is 9.90 Å². The fourth-order valence-corrected chi connectivity index (χ4v) is 1.64. The molecule has 5 heteroatoms. The Bertz CT molecular complexity index is 410. The van der Waals surface area contributed by atoms with Crippen molar-refractivity contribution in [2.75, 3.05) is 0 Å². The van der Waals surface area contributed by atoms with Crippen LogP contribution in [0.4, 0.5) is 0 Å². The van der Waals surface area contributed by atoms with Crippen molar-refractivity contribution in [3.8, 4) is 0 Å². The first-order valence-corrected chi connectivity index (χ1v) is 3.98. The lowest BCUT2D eigenvalue weighted by Gasteiger charge is -2.07. The highest BCUT2D eigenvalue weighted by atomic mass is 16.4. The van der Waals surface area contributed by atoms with Crippen LogP contribution in [0.2, 0.25) is 0 Å². The third-order valence-corrected chi connectivity index (χ3v) is 2.23. The van der Waals surface area contributed by atoms with Crippen LogP contribution in [0.1, 0.15) is 18.2 Å². The lowest BCUT2D eigenvalue weighted by molar-refractivity contribution is -0.140. The molecule has 2 heterocycles. The van der Waals surface area contributed by atoms with Crippen LogP contribution in [-0.2, 0) is 11.2 Å². The van der Waals surface area contributed by atoms with Gasteiger partial charge in [-0.3, -0.25) is 14.3 Å². The zero-order valence-corrected chi connectivity index (χ0v) is 6.80. The summed E-state index contributed by atoms with van der Waals surface area (Å²) in [6, 6.07) is -0.703. The molecule has 0 saturated carbocycles. The largest absolute Gasteiger partial charge is 0.480 e. The average Bonchev–Trinajstić information content (AvgIpc) is 2.49. The summed E-state index contributed by atoms with van der Waals surface area (Å²) in [5.74, 6) is -0.952. The van der Waals surface area contributed by atoms with E-state index >= 15 is 0 Å². The number of rotatable bonds is 1. The van der Waals surface area contributed by atoms with Crippen molar-refractivity contribution in [1.82, 2.24) is 9.55 Å². The Morgan fingerprint density at radius 1 is 1.62 bits per heavy atom. The van der Waals surface area contributed by atoms with E-state index in [1.165, 1.54) is 4.57 Å². The van der Waals surface area contributed by atoms with Gasteiger partial charge in [-0.1, -0.05) is 0 Å². The Morgan fingerprint density at radius 2 is 2.38 bits per heavy atom. The Kier molecular flexibility index (Phi) is 1.65. The molecule has 0 spiro atoms. The van der Waals surface area contributed by atoms with Gasteiger partial charge in [0.15, 0.2) is 0 Å². The number of fused-ring (bicyclic) bond motifs is 1. The summed E-state index contributed by atoms with van der Waals surface area (Å²) < 4.78 is 1.30. The van der Waals surface area contributed by atoms with Gasteiger partial charge in [0, 0.05) is 11.9 Å². The van der Waals surface area contributed by atoms with Crippen molar-refractivity contribution in [3.05, 3.63) is 28.4 Å². The molecule has 0 saturated heterocycles. The lowest BCUT2D eigenvalue weighted by atomic mass is 10.2. The normalized spacial score (nSPS) is 19.8. The first-order valence-electron chi connectivity index (χ1n) is 3.98. The molecule has 0 amide bonds. The molecule has 0 fully saturated rings.